The molecule has 4 atom stereocenters. The van der Waals surface area contributed by atoms with Gasteiger partial charge in [0, 0.05) is 5.02 Å². The monoisotopic (exact) mass is 404 g/mol. The number of aliphatic hydroxyl groups is 3. The van der Waals surface area contributed by atoms with Crippen molar-refractivity contribution in [3.63, 3.8) is 0 Å². The van der Waals surface area contributed by atoms with E-state index in [2.05, 4.69) is 25.5 Å². The van der Waals surface area contributed by atoms with E-state index < -0.39 is 31.1 Å². The number of hydrazone groups is 1. The van der Waals surface area contributed by atoms with E-state index in [1.54, 1.807) is 18.3 Å². The Labute approximate surface area is 164 Å². The molecule has 0 unspecified atom stereocenters. The highest BCUT2D eigenvalue weighted by molar-refractivity contribution is 6.30. The van der Waals surface area contributed by atoms with E-state index in [9.17, 15) is 15.3 Å². The summed E-state index contributed by atoms with van der Waals surface area (Å²) < 4.78 is 7.01. The highest BCUT2D eigenvalue weighted by Crippen LogP contribution is 2.32. The molecule has 4 N–H and O–H groups in total. The Hall–Kier alpha value is -2.63. The van der Waals surface area contributed by atoms with Crippen LogP contribution in [0.5, 0.6) is 0 Å². The minimum atomic E-state index is -1.23. The lowest BCUT2D eigenvalue weighted by atomic mass is 10.1. The van der Waals surface area contributed by atoms with Crippen molar-refractivity contribution in [3.8, 4) is 0 Å². The number of rotatable bonds is 5. The number of hydrogen-bond donors (Lipinski definition) is 4. The van der Waals surface area contributed by atoms with Crippen LogP contribution in [0, 0.1) is 0 Å². The van der Waals surface area contributed by atoms with Gasteiger partial charge in [-0.1, -0.05) is 23.7 Å². The van der Waals surface area contributed by atoms with Crippen LogP contribution >= 0.6 is 11.6 Å². The first-order valence-electron chi connectivity index (χ1n) is 8.43. The van der Waals surface area contributed by atoms with E-state index in [4.69, 9.17) is 16.3 Å². The standard InChI is InChI=1S/C17H17ClN6O4/c18-10-3-1-9(2-4-10)5-22-23-15-12-16(20-7-19-15)24(8-21-12)17-14(27)13(26)11(6-25)28-17/h1-5,7-8,11,13-14,17,25-27H,6H2,(H,19,20,23)/b22-5+/t11-,13-,14-,17-/m1/s1. The van der Waals surface area contributed by atoms with Crippen molar-refractivity contribution in [2.24, 2.45) is 5.10 Å². The molecular weight excluding hydrogens is 388 g/mol. The summed E-state index contributed by atoms with van der Waals surface area (Å²) in [5, 5.41) is 34.2. The molecule has 0 radical (unpaired) electrons. The van der Waals surface area contributed by atoms with E-state index in [0.29, 0.717) is 22.0 Å². The maximum absolute atomic E-state index is 10.2. The minimum absolute atomic E-state index is 0.362. The molecular formula is C17H17ClN6O4. The van der Waals surface area contributed by atoms with Crippen LogP contribution in [0.15, 0.2) is 42.0 Å². The fraction of sp³-hybridized carbons (Fsp3) is 0.294. The zero-order chi connectivity index (χ0) is 19.7. The van der Waals surface area contributed by atoms with Gasteiger partial charge in [-0.3, -0.25) is 9.99 Å². The first-order chi connectivity index (χ1) is 13.6. The molecule has 28 heavy (non-hydrogen) atoms. The number of ether oxygens (including phenoxy) is 1. The van der Waals surface area contributed by atoms with Crippen molar-refractivity contribution in [1.29, 1.82) is 0 Å². The Balaban J connectivity index is 1.58. The molecule has 0 amide bonds. The number of aliphatic hydroxyl groups excluding tert-OH is 3. The van der Waals surface area contributed by atoms with Crippen molar-refractivity contribution in [2.75, 3.05) is 12.0 Å². The van der Waals surface area contributed by atoms with Crippen molar-refractivity contribution in [2.45, 2.75) is 24.5 Å². The summed E-state index contributed by atoms with van der Waals surface area (Å²) in [5.74, 6) is 0.362. The van der Waals surface area contributed by atoms with Crippen LogP contribution in [-0.4, -0.2) is 66.0 Å². The number of hydrogen-bond acceptors (Lipinski definition) is 9. The number of benzene rings is 1. The van der Waals surface area contributed by atoms with Crippen LogP contribution in [0.2, 0.25) is 5.02 Å². The molecule has 1 aromatic carbocycles. The van der Waals surface area contributed by atoms with Gasteiger partial charge in [-0.25, -0.2) is 15.0 Å². The Kier molecular flexibility index (Phi) is 5.20. The van der Waals surface area contributed by atoms with Crippen LogP contribution < -0.4 is 5.43 Å². The molecule has 0 bridgehead atoms. The van der Waals surface area contributed by atoms with Crippen LogP contribution in [0.4, 0.5) is 5.82 Å². The molecule has 3 aromatic rings. The van der Waals surface area contributed by atoms with Crippen molar-refractivity contribution in [3.05, 3.63) is 47.5 Å². The van der Waals surface area contributed by atoms with Gasteiger partial charge in [0.15, 0.2) is 23.2 Å². The molecule has 0 saturated carbocycles. The van der Waals surface area contributed by atoms with Gasteiger partial charge in [-0.05, 0) is 17.7 Å². The normalized spacial score (nSPS) is 25.0. The van der Waals surface area contributed by atoms with Gasteiger partial charge < -0.3 is 20.1 Å². The maximum atomic E-state index is 10.2. The second kappa shape index (κ2) is 7.78. The second-order valence-corrected chi connectivity index (χ2v) is 6.63. The fourth-order valence-electron chi connectivity index (χ4n) is 2.95. The summed E-state index contributed by atoms with van der Waals surface area (Å²) >= 11 is 5.86. The lowest BCUT2D eigenvalue weighted by Gasteiger charge is -2.16. The lowest BCUT2D eigenvalue weighted by Crippen LogP contribution is -2.33. The van der Waals surface area contributed by atoms with Crippen LogP contribution in [-0.2, 0) is 4.74 Å². The zero-order valence-corrected chi connectivity index (χ0v) is 15.2. The molecule has 11 heteroatoms. The van der Waals surface area contributed by atoms with E-state index in [1.807, 2.05) is 12.1 Å². The molecule has 3 heterocycles. The quantitative estimate of drug-likeness (QED) is 0.357. The molecule has 146 valence electrons. The number of anilines is 1. The molecule has 1 aliphatic rings. The molecule has 0 aliphatic carbocycles. The third-order valence-corrected chi connectivity index (χ3v) is 4.66. The summed E-state index contributed by atoms with van der Waals surface area (Å²) in [4.78, 5) is 12.6. The van der Waals surface area contributed by atoms with Gasteiger partial charge in [0.1, 0.15) is 24.6 Å². The topological polar surface area (TPSA) is 138 Å². The van der Waals surface area contributed by atoms with Crippen LogP contribution in [0.25, 0.3) is 11.2 Å². The van der Waals surface area contributed by atoms with Gasteiger partial charge >= 0.3 is 0 Å². The van der Waals surface area contributed by atoms with Gasteiger partial charge in [-0.15, -0.1) is 0 Å². The minimum Gasteiger partial charge on any atom is -0.394 e. The molecule has 0 spiro atoms. The first-order valence-corrected chi connectivity index (χ1v) is 8.81. The summed E-state index contributed by atoms with van der Waals surface area (Å²) in [6, 6.07) is 7.15. The van der Waals surface area contributed by atoms with Crippen LogP contribution in [0.1, 0.15) is 11.8 Å². The summed E-state index contributed by atoms with van der Waals surface area (Å²) in [6.07, 6.45) is 0.0845. The van der Waals surface area contributed by atoms with E-state index >= 15 is 0 Å². The number of halogens is 1. The largest absolute Gasteiger partial charge is 0.394 e. The highest BCUT2D eigenvalue weighted by Gasteiger charge is 2.44. The van der Waals surface area contributed by atoms with Crippen molar-refractivity contribution in [1.82, 2.24) is 19.5 Å². The van der Waals surface area contributed by atoms with E-state index in [1.165, 1.54) is 17.2 Å². The summed E-state index contributed by atoms with van der Waals surface area (Å²) in [7, 11) is 0. The zero-order valence-electron chi connectivity index (χ0n) is 14.4. The van der Waals surface area contributed by atoms with Gasteiger partial charge in [0.05, 0.1) is 19.1 Å². The third-order valence-electron chi connectivity index (χ3n) is 4.40. The lowest BCUT2D eigenvalue weighted by molar-refractivity contribution is -0.0511. The van der Waals surface area contributed by atoms with Gasteiger partial charge in [-0.2, -0.15) is 5.10 Å². The molecule has 10 nitrogen and oxygen atoms in total. The average Bonchev–Trinajstić information content (AvgIpc) is 3.25. The third kappa shape index (κ3) is 3.43. The van der Waals surface area contributed by atoms with Gasteiger partial charge in [0.2, 0.25) is 0 Å². The predicted octanol–water partition coefficient (Wildman–Crippen LogP) is 0.537. The molecule has 1 fully saturated rings. The number of nitrogens with one attached hydrogen (secondary N) is 1. The molecule has 1 saturated heterocycles. The predicted molar refractivity (Wildman–Crippen MR) is 101 cm³/mol. The molecule has 2 aromatic heterocycles. The summed E-state index contributed by atoms with van der Waals surface area (Å²) in [6.45, 7) is -0.414. The average molecular weight is 405 g/mol. The van der Waals surface area contributed by atoms with Gasteiger partial charge in [0.25, 0.3) is 0 Å². The number of nitrogens with zero attached hydrogens (tertiary/aromatic N) is 5. The number of imidazole rings is 1. The highest BCUT2D eigenvalue weighted by atomic mass is 35.5. The Morgan fingerprint density at radius 1 is 1.18 bits per heavy atom. The van der Waals surface area contributed by atoms with Crippen molar-refractivity contribution < 1.29 is 20.1 Å². The second-order valence-electron chi connectivity index (χ2n) is 6.20. The van der Waals surface area contributed by atoms with Crippen LogP contribution in [0.3, 0.4) is 0 Å². The maximum Gasteiger partial charge on any atom is 0.177 e. The first kappa shape index (κ1) is 18.7. The molecule has 4 rings (SSSR count). The SMILES string of the molecule is OC[C@H]1O[C@@H](n2cnc3c(N/N=C/c4ccc(Cl)cc4)ncnc32)[C@H](O)[C@@H]1O. The van der Waals surface area contributed by atoms with E-state index in [-0.39, 0.29) is 0 Å². The number of fused-ring (bicyclic) bond motifs is 1. The Morgan fingerprint density at radius 2 is 1.96 bits per heavy atom. The van der Waals surface area contributed by atoms with Crippen molar-refractivity contribution >= 4 is 34.8 Å². The Bertz CT molecular complexity index is 995. The van der Waals surface area contributed by atoms with E-state index in [0.717, 1.165) is 5.56 Å². The fourth-order valence-corrected chi connectivity index (χ4v) is 3.07. The number of aromatic nitrogens is 4. The Morgan fingerprint density at radius 3 is 2.68 bits per heavy atom. The smallest absolute Gasteiger partial charge is 0.177 e. The molecule has 1 aliphatic heterocycles. The summed E-state index contributed by atoms with van der Waals surface area (Å²) in [5.41, 5.74) is 4.45.